The highest BCUT2D eigenvalue weighted by Gasteiger charge is 2.42. The third-order valence-electron chi connectivity index (χ3n) is 6.28. The number of nitrogens with zero attached hydrogens (tertiary/aromatic N) is 2. The highest BCUT2D eigenvalue weighted by Crippen LogP contribution is 2.31. The zero-order valence-corrected chi connectivity index (χ0v) is 19.8. The number of halogens is 1. The van der Waals surface area contributed by atoms with Gasteiger partial charge in [-0.1, -0.05) is 54.1 Å². The van der Waals surface area contributed by atoms with Crippen molar-refractivity contribution < 1.29 is 18.6 Å². The fraction of sp³-hybridized carbons (Fsp3) is 0.276. The summed E-state index contributed by atoms with van der Waals surface area (Å²) in [5.41, 5.74) is 4.62. The molecule has 1 aliphatic rings. The molecule has 1 aliphatic heterocycles. The Morgan fingerprint density at radius 1 is 1.00 bits per heavy atom. The van der Waals surface area contributed by atoms with Crippen LogP contribution in [0.25, 0.3) is 11.1 Å². The lowest BCUT2D eigenvalue weighted by atomic mass is 10.0. The first-order valence-corrected chi connectivity index (χ1v) is 11.9. The Hall–Kier alpha value is -3.48. The molecule has 6 heteroatoms. The molecule has 3 aromatic carbocycles. The summed E-state index contributed by atoms with van der Waals surface area (Å²) in [5, 5.41) is 0. The molecule has 0 saturated carbocycles. The van der Waals surface area contributed by atoms with E-state index >= 15 is 0 Å². The number of aromatic nitrogens is 2. The second kappa shape index (κ2) is 10.4. The largest absolute Gasteiger partial charge is 0.491 e. The second-order valence-electron chi connectivity index (χ2n) is 9.02. The molecule has 0 aliphatic carbocycles. The van der Waals surface area contributed by atoms with Crippen LogP contribution in [0.3, 0.4) is 0 Å². The van der Waals surface area contributed by atoms with Gasteiger partial charge in [0.25, 0.3) is 0 Å². The van der Waals surface area contributed by atoms with Crippen LogP contribution in [0.5, 0.6) is 5.75 Å². The van der Waals surface area contributed by atoms with Crippen LogP contribution in [0.1, 0.15) is 17.5 Å². The van der Waals surface area contributed by atoms with Gasteiger partial charge in [0.05, 0.1) is 19.5 Å². The van der Waals surface area contributed by atoms with Crippen molar-refractivity contribution in [2.24, 2.45) is 0 Å². The van der Waals surface area contributed by atoms with Crippen LogP contribution in [-0.4, -0.2) is 34.7 Å². The summed E-state index contributed by atoms with van der Waals surface area (Å²) in [7, 11) is 0. The van der Waals surface area contributed by atoms with E-state index in [1.165, 1.54) is 23.3 Å². The van der Waals surface area contributed by atoms with Crippen molar-refractivity contribution >= 4 is 0 Å². The monoisotopic (exact) mass is 472 g/mol. The zero-order valence-electron chi connectivity index (χ0n) is 19.8. The summed E-state index contributed by atoms with van der Waals surface area (Å²) in [6.45, 7) is 3.45. The number of imidazole rings is 1. The smallest absolute Gasteiger partial charge is 0.187 e. The standard InChI is InChI=1S/C29H29FN2O3/c1-22-2-6-24(7-3-22)25-8-12-27(13-9-25)33-18-28-19-34-29(35-28,20-32-17-16-31-21-32)15-14-23-4-10-26(30)11-5-23/h2-13,16-17,21,28H,14-15,18-20H2,1H3. The molecule has 1 aromatic heterocycles. The molecule has 2 heterocycles. The maximum Gasteiger partial charge on any atom is 0.187 e. The van der Waals surface area contributed by atoms with E-state index in [1.807, 2.05) is 22.9 Å². The first kappa shape index (κ1) is 23.3. The molecule has 2 unspecified atom stereocenters. The number of ether oxygens (including phenoxy) is 3. The number of benzene rings is 3. The first-order valence-electron chi connectivity index (χ1n) is 11.9. The lowest BCUT2D eigenvalue weighted by molar-refractivity contribution is -0.184. The molecule has 2 atom stereocenters. The number of hydrogen-bond donors (Lipinski definition) is 0. The van der Waals surface area contributed by atoms with Gasteiger partial charge in [-0.25, -0.2) is 9.37 Å². The molecule has 5 rings (SSSR count). The van der Waals surface area contributed by atoms with Gasteiger partial charge in [0, 0.05) is 18.8 Å². The lowest BCUT2D eigenvalue weighted by Crippen LogP contribution is -2.37. The summed E-state index contributed by atoms with van der Waals surface area (Å²) in [6.07, 6.45) is 6.55. The number of aryl methyl sites for hydroxylation is 2. The minimum absolute atomic E-state index is 0.191. The minimum Gasteiger partial charge on any atom is -0.491 e. The quantitative estimate of drug-likeness (QED) is 0.308. The maximum absolute atomic E-state index is 13.3. The summed E-state index contributed by atoms with van der Waals surface area (Å²) in [5.74, 6) is -0.236. The summed E-state index contributed by atoms with van der Waals surface area (Å²) >= 11 is 0. The third-order valence-corrected chi connectivity index (χ3v) is 6.28. The van der Waals surface area contributed by atoms with Crippen molar-refractivity contribution in [2.45, 2.75) is 38.2 Å². The average molecular weight is 473 g/mol. The molecule has 180 valence electrons. The van der Waals surface area contributed by atoms with Gasteiger partial charge in [-0.3, -0.25) is 0 Å². The van der Waals surface area contributed by atoms with Crippen LogP contribution in [-0.2, 0) is 22.4 Å². The molecule has 4 aromatic rings. The van der Waals surface area contributed by atoms with Gasteiger partial charge in [0.15, 0.2) is 5.79 Å². The number of hydrogen-bond acceptors (Lipinski definition) is 4. The fourth-order valence-corrected chi connectivity index (χ4v) is 4.31. The Morgan fingerprint density at radius 2 is 1.71 bits per heavy atom. The summed E-state index contributed by atoms with van der Waals surface area (Å²) in [6, 6.07) is 23.1. The van der Waals surface area contributed by atoms with Crippen molar-refractivity contribution in [1.82, 2.24) is 9.55 Å². The van der Waals surface area contributed by atoms with E-state index in [0.717, 1.165) is 16.9 Å². The van der Waals surface area contributed by atoms with E-state index in [9.17, 15) is 4.39 Å². The van der Waals surface area contributed by atoms with E-state index in [0.29, 0.717) is 32.6 Å². The van der Waals surface area contributed by atoms with Crippen LogP contribution in [0.2, 0.25) is 0 Å². The average Bonchev–Trinajstić information content (AvgIpc) is 3.54. The lowest BCUT2D eigenvalue weighted by Gasteiger charge is -2.28. The van der Waals surface area contributed by atoms with E-state index in [4.69, 9.17) is 14.2 Å². The van der Waals surface area contributed by atoms with Crippen molar-refractivity contribution in [3.8, 4) is 16.9 Å². The van der Waals surface area contributed by atoms with Gasteiger partial charge >= 0.3 is 0 Å². The van der Waals surface area contributed by atoms with Crippen LogP contribution in [0.15, 0.2) is 91.5 Å². The summed E-state index contributed by atoms with van der Waals surface area (Å²) < 4.78 is 33.9. The van der Waals surface area contributed by atoms with Crippen molar-refractivity contribution in [3.63, 3.8) is 0 Å². The predicted octanol–water partition coefficient (Wildman–Crippen LogP) is 5.82. The highest BCUT2D eigenvalue weighted by molar-refractivity contribution is 5.64. The van der Waals surface area contributed by atoms with Crippen molar-refractivity contribution in [3.05, 3.63) is 108 Å². The Morgan fingerprint density at radius 3 is 2.40 bits per heavy atom. The van der Waals surface area contributed by atoms with Crippen LogP contribution in [0, 0.1) is 12.7 Å². The predicted molar refractivity (Wildman–Crippen MR) is 133 cm³/mol. The molecule has 1 fully saturated rings. The molecule has 5 nitrogen and oxygen atoms in total. The van der Waals surface area contributed by atoms with E-state index in [2.05, 4.69) is 48.3 Å². The number of rotatable bonds is 9. The van der Waals surface area contributed by atoms with Crippen molar-refractivity contribution in [2.75, 3.05) is 13.2 Å². The third kappa shape index (κ3) is 5.96. The van der Waals surface area contributed by atoms with Gasteiger partial charge < -0.3 is 18.8 Å². The molecule has 0 N–H and O–H groups in total. The van der Waals surface area contributed by atoms with Gasteiger partial charge in [0.1, 0.15) is 24.3 Å². The van der Waals surface area contributed by atoms with Gasteiger partial charge in [-0.15, -0.1) is 0 Å². The van der Waals surface area contributed by atoms with Gasteiger partial charge in [0.2, 0.25) is 0 Å². The normalized spacial score (nSPS) is 19.7. The topological polar surface area (TPSA) is 45.5 Å². The summed E-state index contributed by atoms with van der Waals surface area (Å²) in [4.78, 5) is 4.14. The SMILES string of the molecule is Cc1ccc(-c2ccc(OCC3COC(CCc4ccc(F)cc4)(Cn4ccnc4)O3)cc2)cc1. The van der Waals surface area contributed by atoms with Crippen LogP contribution < -0.4 is 4.74 Å². The molecular weight excluding hydrogens is 443 g/mol. The van der Waals surface area contributed by atoms with E-state index < -0.39 is 5.79 Å². The van der Waals surface area contributed by atoms with Crippen LogP contribution in [0.4, 0.5) is 4.39 Å². The molecule has 0 amide bonds. The Bertz CT molecular complexity index is 1210. The zero-order chi connectivity index (χ0) is 24.1. The molecule has 0 radical (unpaired) electrons. The van der Waals surface area contributed by atoms with E-state index in [1.54, 1.807) is 24.7 Å². The van der Waals surface area contributed by atoms with E-state index in [-0.39, 0.29) is 11.9 Å². The fourth-order valence-electron chi connectivity index (χ4n) is 4.31. The second-order valence-corrected chi connectivity index (χ2v) is 9.02. The molecule has 35 heavy (non-hydrogen) atoms. The first-order chi connectivity index (χ1) is 17.1. The Kier molecular flexibility index (Phi) is 6.93. The minimum atomic E-state index is -0.793. The maximum atomic E-state index is 13.3. The molecule has 0 bridgehead atoms. The van der Waals surface area contributed by atoms with Crippen LogP contribution >= 0.6 is 0 Å². The van der Waals surface area contributed by atoms with Gasteiger partial charge in [-0.2, -0.15) is 0 Å². The van der Waals surface area contributed by atoms with Gasteiger partial charge in [-0.05, 0) is 54.3 Å². The molecular formula is C29H29FN2O3. The van der Waals surface area contributed by atoms with Crippen molar-refractivity contribution in [1.29, 1.82) is 0 Å². The Balaban J connectivity index is 1.20. The highest BCUT2D eigenvalue weighted by atomic mass is 19.1. The Labute approximate surface area is 205 Å². The molecule has 0 spiro atoms. The molecule has 1 saturated heterocycles.